The zero-order valence-corrected chi connectivity index (χ0v) is 15.7. The minimum atomic E-state index is -4.13. The molecule has 1 aromatic heterocycles. The monoisotopic (exact) mass is 395 g/mol. The van der Waals surface area contributed by atoms with E-state index >= 15 is 0 Å². The molecule has 0 atom stereocenters. The third-order valence-electron chi connectivity index (χ3n) is 4.67. The zero-order chi connectivity index (χ0) is 20.0. The van der Waals surface area contributed by atoms with Gasteiger partial charge < -0.3 is 14.8 Å². The van der Waals surface area contributed by atoms with Crippen molar-refractivity contribution in [2.24, 2.45) is 0 Å². The fourth-order valence-corrected chi connectivity index (χ4v) is 3.19. The van der Waals surface area contributed by atoms with Gasteiger partial charge in [0.05, 0.1) is 13.7 Å². The van der Waals surface area contributed by atoms with Crippen LogP contribution in [0, 0.1) is 0 Å². The first-order valence-electron chi connectivity index (χ1n) is 9.20. The number of methoxy groups -OCH3 is 1. The normalized spacial score (nSPS) is 16.1. The predicted octanol–water partition coefficient (Wildman–Crippen LogP) is 4.00. The van der Waals surface area contributed by atoms with Crippen LogP contribution in [-0.2, 0) is 6.54 Å². The van der Waals surface area contributed by atoms with Gasteiger partial charge in [0, 0.05) is 24.8 Å². The van der Waals surface area contributed by atoms with Gasteiger partial charge >= 0.3 is 6.18 Å². The van der Waals surface area contributed by atoms with Crippen LogP contribution in [-0.4, -0.2) is 48.8 Å². The Balaban J connectivity index is 1.47. The number of rotatable bonds is 7. The number of benzene rings is 1. The molecular formula is C20H24F3N3O2. The predicted molar refractivity (Wildman–Crippen MR) is 99.7 cm³/mol. The second kappa shape index (κ2) is 9.25. The molecule has 1 fully saturated rings. The van der Waals surface area contributed by atoms with E-state index in [0.29, 0.717) is 44.1 Å². The molecule has 28 heavy (non-hydrogen) atoms. The number of likely N-dealkylation sites (tertiary alicyclic amines) is 1. The average molecular weight is 395 g/mol. The molecule has 0 spiro atoms. The minimum absolute atomic E-state index is 0.212. The Morgan fingerprint density at radius 1 is 1.11 bits per heavy atom. The van der Waals surface area contributed by atoms with Crippen LogP contribution in [0.3, 0.4) is 0 Å². The van der Waals surface area contributed by atoms with E-state index < -0.39 is 12.7 Å². The summed E-state index contributed by atoms with van der Waals surface area (Å²) in [6.45, 7) is 0.709. The summed E-state index contributed by atoms with van der Waals surface area (Å²) < 4.78 is 48.3. The molecule has 0 aliphatic carbocycles. The zero-order valence-electron chi connectivity index (χ0n) is 15.7. The summed E-state index contributed by atoms with van der Waals surface area (Å²) >= 11 is 0. The molecule has 0 saturated carbocycles. The summed E-state index contributed by atoms with van der Waals surface area (Å²) in [7, 11) is 1.61. The van der Waals surface area contributed by atoms with Gasteiger partial charge in [-0.1, -0.05) is 0 Å². The molecule has 0 unspecified atom stereocenters. The van der Waals surface area contributed by atoms with Crippen LogP contribution in [0.25, 0.3) is 0 Å². The first-order valence-corrected chi connectivity index (χ1v) is 9.20. The van der Waals surface area contributed by atoms with Gasteiger partial charge in [0.15, 0.2) is 0 Å². The number of halogens is 3. The van der Waals surface area contributed by atoms with Gasteiger partial charge in [-0.2, -0.15) is 13.2 Å². The number of hydrogen-bond donors (Lipinski definition) is 1. The van der Waals surface area contributed by atoms with Crippen LogP contribution < -0.4 is 14.8 Å². The standard InChI is InChI=1S/C20H24F3N3O2/c1-27-17-2-4-18(5-3-17)28-19-12-15(6-9-24-19)13-25-16-7-10-26(11-8-16)14-20(21,22)23/h2-6,9,12,16,25H,7-8,10-11,13-14H2,1H3. The van der Waals surface area contributed by atoms with Crippen LogP contribution >= 0.6 is 0 Å². The smallest absolute Gasteiger partial charge is 0.401 e. The van der Waals surface area contributed by atoms with Crippen LogP contribution in [0.5, 0.6) is 17.4 Å². The number of aromatic nitrogens is 1. The lowest BCUT2D eigenvalue weighted by Gasteiger charge is -2.32. The Kier molecular flexibility index (Phi) is 6.74. The third kappa shape index (κ3) is 6.38. The van der Waals surface area contributed by atoms with E-state index in [1.807, 2.05) is 24.3 Å². The van der Waals surface area contributed by atoms with Gasteiger partial charge in [-0.05, 0) is 61.8 Å². The highest BCUT2D eigenvalue weighted by Crippen LogP contribution is 2.23. The lowest BCUT2D eigenvalue weighted by Crippen LogP contribution is -2.45. The van der Waals surface area contributed by atoms with E-state index in [2.05, 4.69) is 10.3 Å². The highest BCUT2D eigenvalue weighted by Gasteiger charge is 2.32. The Morgan fingerprint density at radius 2 is 1.79 bits per heavy atom. The average Bonchev–Trinajstić information content (AvgIpc) is 2.67. The van der Waals surface area contributed by atoms with Crippen molar-refractivity contribution in [3.63, 3.8) is 0 Å². The maximum atomic E-state index is 12.5. The van der Waals surface area contributed by atoms with Gasteiger partial charge in [-0.25, -0.2) is 4.98 Å². The fraction of sp³-hybridized carbons (Fsp3) is 0.450. The molecule has 1 N–H and O–H groups in total. The summed E-state index contributed by atoms with van der Waals surface area (Å²) in [5, 5.41) is 3.42. The molecule has 1 aliphatic rings. The summed E-state index contributed by atoms with van der Waals surface area (Å²) in [4.78, 5) is 5.69. The Bertz CT molecular complexity index is 745. The van der Waals surface area contributed by atoms with Crippen molar-refractivity contribution in [2.75, 3.05) is 26.7 Å². The molecule has 1 aromatic carbocycles. The molecule has 152 valence electrons. The number of ether oxygens (including phenoxy) is 2. The van der Waals surface area contributed by atoms with Crippen LogP contribution in [0.2, 0.25) is 0 Å². The Labute approximate surface area is 162 Å². The minimum Gasteiger partial charge on any atom is -0.497 e. The molecule has 1 aliphatic heterocycles. The molecule has 2 aromatic rings. The van der Waals surface area contributed by atoms with E-state index in [1.54, 1.807) is 25.4 Å². The first-order chi connectivity index (χ1) is 13.4. The van der Waals surface area contributed by atoms with Gasteiger partial charge in [0.2, 0.25) is 5.88 Å². The topological polar surface area (TPSA) is 46.6 Å². The molecule has 5 nitrogen and oxygen atoms in total. The highest BCUT2D eigenvalue weighted by molar-refractivity contribution is 5.34. The Morgan fingerprint density at radius 3 is 2.43 bits per heavy atom. The van der Waals surface area contributed by atoms with Crippen molar-refractivity contribution in [3.05, 3.63) is 48.2 Å². The Hall–Kier alpha value is -2.32. The molecule has 3 rings (SSSR count). The molecule has 1 saturated heterocycles. The van der Waals surface area contributed by atoms with Crippen LogP contribution in [0.4, 0.5) is 13.2 Å². The second-order valence-corrected chi connectivity index (χ2v) is 6.83. The molecule has 0 amide bonds. The first kappa shape index (κ1) is 20.4. The SMILES string of the molecule is COc1ccc(Oc2cc(CNC3CCN(CC(F)(F)F)CC3)ccn2)cc1. The number of nitrogens with zero attached hydrogens (tertiary/aromatic N) is 2. The largest absolute Gasteiger partial charge is 0.497 e. The van der Waals surface area contributed by atoms with Crippen molar-refractivity contribution in [3.8, 4) is 17.4 Å². The van der Waals surface area contributed by atoms with E-state index in [1.165, 1.54) is 4.90 Å². The highest BCUT2D eigenvalue weighted by atomic mass is 19.4. The van der Waals surface area contributed by atoms with Gasteiger partial charge in [0.1, 0.15) is 11.5 Å². The number of nitrogens with one attached hydrogen (secondary N) is 1. The second-order valence-electron chi connectivity index (χ2n) is 6.83. The molecule has 0 bridgehead atoms. The van der Waals surface area contributed by atoms with Crippen molar-refractivity contribution in [2.45, 2.75) is 31.6 Å². The van der Waals surface area contributed by atoms with Crippen molar-refractivity contribution < 1.29 is 22.6 Å². The third-order valence-corrected chi connectivity index (χ3v) is 4.67. The summed E-state index contributed by atoms with van der Waals surface area (Å²) in [6, 6.07) is 11.2. The molecular weight excluding hydrogens is 371 g/mol. The summed E-state index contributed by atoms with van der Waals surface area (Å²) in [6.07, 6.45) is -1.04. The van der Waals surface area contributed by atoms with Crippen molar-refractivity contribution in [1.82, 2.24) is 15.2 Å². The van der Waals surface area contributed by atoms with Gasteiger partial charge in [-0.15, -0.1) is 0 Å². The van der Waals surface area contributed by atoms with Crippen LogP contribution in [0.1, 0.15) is 18.4 Å². The molecule has 8 heteroatoms. The van der Waals surface area contributed by atoms with Crippen molar-refractivity contribution in [1.29, 1.82) is 0 Å². The number of hydrogen-bond acceptors (Lipinski definition) is 5. The molecule has 2 heterocycles. The van der Waals surface area contributed by atoms with Crippen LogP contribution in [0.15, 0.2) is 42.6 Å². The quantitative estimate of drug-likeness (QED) is 0.768. The van der Waals surface area contributed by atoms with E-state index in [0.717, 1.165) is 11.3 Å². The number of alkyl halides is 3. The van der Waals surface area contributed by atoms with Crippen molar-refractivity contribution >= 4 is 0 Å². The maximum Gasteiger partial charge on any atom is 0.401 e. The number of piperidine rings is 1. The van der Waals surface area contributed by atoms with Gasteiger partial charge in [-0.3, -0.25) is 4.90 Å². The lowest BCUT2D eigenvalue weighted by molar-refractivity contribution is -0.148. The number of pyridine rings is 1. The fourth-order valence-electron chi connectivity index (χ4n) is 3.19. The van der Waals surface area contributed by atoms with E-state index in [-0.39, 0.29) is 6.04 Å². The van der Waals surface area contributed by atoms with Gasteiger partial charge in [0.25, 0.3) is 0 Å². The van der Waals surface area contributed by atoms with E-state index in [4.69, 9.17) is 9.47 Å². The molecule has 0 radical (unpaired) electrons. The lowest BCUT2D eigenvalue weighted by atomic mass is 10.0. The summed E-state index contributed by atoms with van der Waals surface area (Å²) in [5.74, 6) is 1.90. The van der Waals surface area contributed by atoms with E-state index in [9.17, 15) is 13.2 Å². The summed E-state index contributed by atoms with van der Waals surface area (Å²) in [5.41, 5.74) is 1.01. The maximum absolute atomic E-state index is 12.5.